The van der Waals surface area contributed by atoms with E-state index < -0.39 is 6.09 Å². The van der Waals surface area contributed by atoms with Gasteiger partial charge in [-0.05, 0) is 61.9 Å². The van der Waals surface area contributed by atoms with E-state index in [1.807, 2.05) is 85.3 Å². The van der Waals surface area contributed by atoms with Gasteiger partial charge in [0.05, 0.1) is 25.5 Å². The van der Waals surface area contributed by atoms with Gasteiger partial charge in [0.25, 0.3) is 0 Å². The Kier molecular flexibility index (Phi) is 11.4. The zero-order chi connectivity index (χ0) is 30.6. The van der Waals surface area contributed by atoms with Crippen LogP contribution in [0.1, 0.15) is 60.1 Å². The molecule has 226 valence electrons. The van der Waals surface area contributed by atoms with E-state index in [0.717, 1.165) is 58.9 Å². The van der Waals surface area contributed by atoms with Crippen LogP contribution in [0.2, 0.25) is 0 Å². The molecular formula is C32H38N6O4S. The predicted molar refractivity (Wildman–Crippen MR) is 168 cm³/mol. The topological polar surface area (TPSA) is 127 Å². The summed E-state index contributed by atoms with van der Waals surface area (Å²) in [6, 6.07) is 21.0. The van der Waals surface area contributed by atoms with Crippen LogP contribution in [0.3, 0.4) is 0 Å². The van der Waals surface area contributed by atoms with Crippen LogP contribution in [0.5, 0.6) is 0 Å². The van der Waals surface area contributed by atoms with Crippen molar-refractivity contribution in [2.45, 2.75) is 58.4 Å². The fraction of sp³-hybridized carbons (Fsp3) is 0.344. The molecule has 0 saturated heterocycles. The molecule has 10 nitrogen and oxygen atoms in total. The number of amides is 3. The number of carbonyl (C=O) groups is 3. The maximum Gasteiger partial charge on any atom is 0.407 e. The highest BCUT2D eigenvalue weighted by atomic mass is 32.1. The molecular weight excluding hydrogens is 564 g/mol. The average molecular weight is 603 g/mol. The van der Waals surface area contributed by atoms with Gasteiger partial charge in [-0.2, -0.15) is 0 Å². The van der Waals surface area contributed by atoms with E-state index >= 15 is 0 Å². The Balaban J connectivity index is 1.18. The molecule has 0 aliphatic carbocycles. The first kappa shape index (κ1) is 31.4. The highest BCUT2D eigenvalue weighted by Gasteiger charge is 2.14. The lowest BCUT2D eigenvalue weighted by Gasteiger charge is -2.15. The number of hydrogen-bond acceptors (Lipinski definition) is 7. The summed E-state index contributed by atoms with van der Waals surface area (Å²) in [7, 11) is 1.96. The number of alkyl carbamates (subject to hydrolysis) is 1. The molecule has 0 aliphatic rings. The molecule has 0 saturated carbocycles. The third-order valence-electron chi connectivity index (χ3n) is 6.91. The smallest absolute Gasteiger partial charge is 0.407 e. The van der Waals surface area contributed by atoms with Crippen molar-refractivity contribution in [3.05, 3.63) is 94.1 Å². The molecule has 0 spiro atoms. The predicted octanol–water partition coefficient (Wildman–Crippen LogP) is 5.61. The maximum atomic E-state index is 12.7. The van der Waals surface area contributed by atoms with Crippen molar-refractivity contribution >= 4 is 40.2 Å². The number of rotatable bonds is 14. The number of nitrogens with one attached hydrogen (secondary N) is 3. The Labute approximate surface area is 255 Å². The number of nitrogens with zero attached hydrogens (tertiary/aromatic N) is 3. The summed E-state index contributed by atoms with van der Waals surface area (Å²) in [6.07, 6.45) is 3.57. The van der Waals surface area contributed by atoms with Crippen LogP contribution >= 0.6 is 11.3 Å². The van der Waals surface area contributed by atoms with Crippen LogP contribution in [0.15, 0.2) is 66.7 Å². The maximum absolute atomic E-state index is 12.7. The zero-order valence-electron chi connectivity index (χ0n) is 24.8. The van der Waals surface area contributed by atoms with E-state index in [4.69, 9.17) is 4.74 Å². The van der Waals surface area contributed by atoms with Gasteiger partial charge in [-0.1, -0.05) is 65.9 Å². The van der Waals surface area contributed by atoms with E-state index in [1.54, 1.807) is 6.92 Å². The van der Waals surface area contributed by atoms with Crippen molar-refractivity contribution in [1.29, 1.82) is 0 Å². The van der Waals surface area contributed by atoms with Crippen LogP contribution in [-0.2, 0) is 47.1 Å². The molecule has 43 heavy (non-hydrogen) atoms. The molecule has 2 aromatic carbocycles. The van der Waals surface area contributed by atoms with Gasteiger partial charge in [-0.25, -0.2) is 4.79 Å². The van der Waals surface area contributed by atoms with Crippen molar-refractivity contribution in [3.63, 3.8) is 0 Å². The van der Waals surface area contributed by atoms with Gasteiger partial charge >= 0.3 is 6.09 Å². The number of hydrogen-bond donors (Lipinski definition) is 3. The molecule has 3 amide bonds. The minimum atomic E-state index is -0.473. The fourth-order valence-corrected chi connectivity index (χ4v) is 5.44. The number of ether oxygens (including phenoxy) is 1. The summed E-state index contributed by atoms with van der Waals surface area (Å²) in [5, 5.41) is 18.3. The Morgan fingerprint density at radius 1 is 0.884 bits per heavy atom. The summed E-state index contributed by atoms with van der Waals surface area (Å²) in [5.74, 6) is 0.570. The standard InChI is InChI=1S/C32H38N6O4S/c1-4-42-32(41)33-22(2)25-14-10-13-24(19-25)21-29(40)35-31-37-36-30(43-31)16-9-8-15-26-17-18-27(38(26)3)34-28(39)20-23-11-6-5-7-12-23/h5-7,10-14,17-19,22H,4,8-9,15-16,20-21H2,1-3H3,(H,33,41)(H,34,39)(H,35,37,40). The molecule has 3 N–H and O–H groups in total. The Hall–Kier alpha value is -4.51. The number of aromatic nitrogens is 3. The fourth-order valence-electron chi connectivity index (χ4n) is 4.64. The van der Waals surface area contributed by atoms with Gasteiger partial charge < -0.3 is 25.3 Å². The molecule has 1 unspecified atom stereocenters. The monoisotopic (exact) mass is 602 g/mol. The molecule has 1 atom stereocenters. The lowest BCUT2D eigenvalue weighted by atomic mass is 10.0. The van der Waals surface area contributed by atoms with Crippen molar-refractivity contribution in [3.8, 4) is 0 Å². The summed E-state index contributed by atoms with van der Waals surface area (Å²) >= 11 is 1.38. The molecule has 11 heteroatoms. The highest BCUT2D eigenvalue weighted by Crippen LogP contribution is 2.20. The highest BCUT2D eigenvalue weighted by molar-refractivity contribution is 7.15. The van der Waals surface area contributed by atoms with E-state index in [-0.39, 0.29) is 24.3 Å². The van der Waals surface area contributed by atoms with Crippen LogP contribution in [0.4, 0.5) is 15.7 Å². The number of unbranched alkanes of at least 4 members (excludes halogenated alkanes) is 1. The largest absolute Gasteiger partial charge is 0.450 e. The van der Waals surface area contributed by atoms with Gasteiger partial charge in [-0.15, -0.1) is 10.2 Å². The average Bonchev–Trinajstić information content (AvgIpc) is 3.57. The number of aryl methyl sites for hydroxylation is 2. The second-order valence-corrected chi connectivity index (χ2v) is 11.3. The van der Waals surface area contributed by atoms with Crippen molar-refractivity contribution < 1.29 is 19.1 Å². The lowest BCUT2D eigenvalue weighted by Crippen LogP contribution is -2.27. The second kappa shape index (κ2) is 15.6. The number of anilines is 2. The summed E-state index contributed by atoms with van der Waals surface area (Å²) in [4.78, 5) is 36.8. The first-order valence-corrected chi connectivity index (χ1v) is 15.2. The van der Waals surface area contributed by atoms with Crippen LogP contribution in [-0.4, -0.2) is 39.3 Å². The quantitative estimate of drug-likeness (QED) is 0.161. The van der Waals surface area contributed by atoms with Crippen molar-refractivity contribution in [1.82, 2.24) is 20.1 Å². The SMILES string of the molecule is CCOC(=O)NC(C)c1cccc(CC(=O)Nc2nnc(CCCCc3ccc(NC(=O)Cc4ccccc4)n3C)s2)c1. The molecule has 0 fully saturated rings. The lowest BCUT2D eigenvalue weighted by molar-refractivity contribution is -0.116. The van der Waals surface area contributed by atoms with Crippen LogP contribution in [0, 0.1) is 0 Å². The van der Waals surface area contributed by atoms with Gasteiger partial charge in [-0.3, -0.25) is 9.59 Å². The van der Waals surface area contributed by atoms with Crippen LogP contribution in [0.25, 0.3) is 0 Å². The van der Waals surface area contributed by atoms with Crippen LogP contribution < -0.4 is 16.0 Å². The van der Waals surface area contributed by atoms with E-state index in [0.29, 0.717) is 18.2 Å². The third-order valence-corrected chi connectivity index (χ3v) is 7.81. The number of benzene rings is 2. The minimum absolute atomic E-state index is 0.0374. The molecule has 2 heterocycles. The molecule has 4 rings (SSSR count). The molecule has 2 aromatic heterocycles. The Morgan fingerprint density at radius 2 is 1.60 bits per heavy atom. The normalized spacial score (nSPS) is 11.5. The molecule has 0 bridgehead atoms. The van der Waals surface area contributed by atoms with E-state index in [1.165, 1.54) is 11.3 Å². The third kappa shape index (κ3) is 9.78. The molecule has 0 radical (unpaired) electrons. The van der Waals surface area contributed by atoms with Crippen molar-refractivity contribution in [2.75, 3.05) is 17.2 Å². The van der Waals surface area contributed by atoms with Gasteiger partial charge in [0.15, 0.2) is 0 Å². The zero-order valence-corrected chi connectivity index (χ0v) is 25.6. The van der Waals surface area contributed by atoms with Gasteiger partial charge in [0, 0.05) is 19.2 Å². The first-order chi connectivity index (χ1) is 20.8. The summed E-state index contributed by atoms with van der Waals surface area (Å²) < 4.78 is 6.96. The summed E-state index contributed by atoms with van der Waals surface area (Å²) in [5.41, 5.74) is 3.85. The van der Waals surface area contributed by atoms with Gasteiger partial charge in [0.2, 0.25) is 16.9 Å². The summed E-state index contributed by atoms with van der Waals surface area (Å²) in [6.45, 7) is 3.92. The molecule has 4 aromatic rings. The van der Waals surface area contributed by atoms with E-state index in [9.17, 15) is 14.4 Å². The van der Waals surface area contributed by atoms with Crippen molar-refractivity contribution in [2.24, 2.45) is 7.05 Å². The number of carbonyl (C=O) groups excluding carboxylic acids is 3. The first-order valence-electron chi connectivity index (χ1n) is 14.4. The molecule has 0 aliphatic heterocycles. The Morgan fingerprint density at radius 3 is 2.40 bits per heavy atom. The van der Waals surface area contributed by atoms with Gasteiger partial charge in [0.1, 0.15) is 10.8 Å². The van der Waals surface area contributed by atoms with E-state index in [2.05, 4.69) is 26.1 Å². The minimum Gasteiger partial charge on any atom is -0.450 e. The second-order valence-electron chi connectivity index (χ2n) is 10.2. The Bertz CT molecular complexity index is 1520.